The molecule has 1 aromatic heterocycles. The van der Waals surface area contributed by atoms with E-state index >= 15 is 0 Å². The molecule has 1 aliphatic carbocycles. The van der Waals surface area contributed by atoms with E-state index in [4.69, 9.17) is 0 Å². The van der Waals surface area contributed by atoms with Crippen molar-refractivity contribution in [1.29, 1.82) is 0 Å². The highest BCUT2D eigenvalue weighted by Gasteiger charge is 2.38. The molecular formula is C43H31NS. The number of nitrogens with zero attached hydrogens (tertiary/aromatic N) is 1. The van der Waals surface area contributed by atoms with Crippen LogP contribution in [0.1, 0.15) is 25.0 Å². The van der Waals surface area contributed by atoms with Gasteiger partial charge >= 0.3 is 0 Å². The number of thiophene rings is 1. The molecule has 0 saturated heterocycles. The zero-order valence-corrected chi connectivity index (χ0v) is 26.1. The molecule has 2 heteroatoms. The average molecular weight is 594 g/mol. The third-order valence-corrected chi connectivity index (χ3v) is 10.8. The second-order valence-electron chi connectivity index (χ2n) is 12.6. The predicted octanol–water partition coefficient (Wildman–Crippen LogP) is 12.7. The van der Waals surface area contributed by atoms with Crippen molar-refractivity contribution in [3.05, 3.63) is 163 Å². The summed E-state index contributed by atoms with van der Waals surface area (Å²) in [5.41, 5.74) is 11.3. The zero-order valence-electron chi connectivity index (χ0n) is 25.3. The summed E-state index contributed by atoms with van der Waals surface area (Å²) in [4.78, 5) is 2.47. The van der Waals surface area contributed by atoms with Crippen molar-refractivity contribution in [2.45, 2.75) is 19.3 Å². The molecular weight excluding hydrogens is 563 g/mol. The van der Waals surface area contributed by atoms with Gasteiger partial charge in [-0.15, -0.1) is 11.3 Å². The maximum absolute atomic E-state index is 2.47. The van der Waals surface area contributed by atoms with Crippen LogP contribution < -0.4 is 4.90 Å². The van der Waals surface area contributed by atoms with Crippen LogP contribution in [0, 0.1) is 0 Å². The van der Waals surface area contributed by atoms with Gasteiger partial charge in [-0.1, -0.05) is 117 Å². The molecule has 1 aliphatic rings. The second kappa shape index (κ2) is 9.92. The molecule has 214 valence electrons. The van der Waals surface area contributed by atoms with E-state index in [1.807, 2.05) is 11.3 Å². The molecule has 0 aliphatic heterocycles. The van der Waals surface area contributed by atoms with Crippen molar-refractivity contribution in [1.82, 2.24) is 0 Å². The third kappa shape index (κ3) is 4.06. The largest absolute Gasteiger partial charge is 0.310 e. The van der Waals surface area contributed by atoms with Gasteiger partial charge in [0.25, 0.3) is 0 Å². The van der Waals surface area contributed by atoms with Gasteiger partial charge in [0.1, 0.15) is 0 Å². The highest BCUT2D eigenvalue weighted by molar-refractivity contribution is 7.25. The summed E-state index contributed by atoms with van der Waals surface area (Å²) in [6.45, 7) is 4.75. The third-order valence-electron chi connectivity index (χ3n) is 9.64. The fourth-order valence-corrected chi connectivity index (χ4v) is 8.49. The Balaban J connectivity index is 1.29. The Morgan fingerprint density at radius 1 is 0.489 bits per heavy atom. The lowest BCUT2D eigenvalue weighted by Crippen LogP contribution is -2.16. The van der Waals surface area contributed by atoms with Crippen molar-refractivity contribution >= 4 is 59.3 Å². The van der Waals surface area contributed by atoms with E-state index in [0.29, 0.717) is 0 Å². The van der Waals surface area contributed by atoms with E-state index < -0.39 is 0 Å². The van der Waals surface area contributed by atoms with Gasteiger partial charge in [0, 0.05) is 42.5 Å². The van der Waals surface area contributed by atoms with E-state index in [1.165, 1.54) is 75.7 Å². The van der Waals surface area contributed by atoms with Crippen LogP contribution in [0.3, 0.4) is 0 Å². The van der Waals surface area contributed by atoms with E-state index in [-0.39, 0.29) is 5.41 Å². The lowest BCUT2D eigenvalue weighted by molar-refractivity contribution is 0.661. The van der Waals surface area contributed by atoms with Gasteiger partial charge in [-0.3, -0.25) is 0 Å². The highest BCUT2D eigenvalue weighted by atomic mass is 32.1. The first-order chi connectivity index (χ1) is 22.1. The van der Waals surface area contributed by atoms with Crippen LogP contribution >= 0.6 is 11.3 Å². The Hall–Kier alpha value is -5.18. The van der Waals surface area contributed by atoms with Gasteiger partial charge in [-0.2, -0.15) is 0 Å². The quantitative estimate of drug-likeness (QED) is 0.196. The number of fused-ring (bicyclic) bond motifs is 7. The Morgan fingerprint density at radius 2 is 1.16 bits per heavy atom. The van der Waals surface area contributed by atoms with Gasteiger partial charge in [0.05, 0.1) is 5.69 Å². The monoisotopic (exact) mass is 593 g/mol. The lowest BCUT2D eigenvalue weighted by Gasteiger charge is -2.29. The molecule has 1 heterocycles. The number of anilines is 3. The van der Waals surface area contributed by atoms with Crippen LogP contribution in [0.2, 0.25) is 0 Å². The smallest absolute Gasteiger partial charge is 0.0543 e. The van der Waals surface area contributed by atoms with Gasteiger partial charge < -0.3 is 4.90 Å². The van der Waals surface area contributed by atoms with Crippen LogP contribution in [-0.4, -0.2) is 0 Å². The topological polar surface area (TPSA) is 3.24 Å². The number of rotatable bonds is 4. The molecule has 0 atom stereocenters. The lowest BCUT2D eigenvalue weighted by atomic mass is 9.82. The fraction of sp³-hybridized carbons (Fsp3) is 0.0698. The summed E-state index contributed by atoms with van der Waals surface area (Å²) >= 11 is 1.87. The molecule has 0 saturated carbocycles. The highest BCUT2D eigenvalue weighted by Crippen LogP contribution is 2.55. The maximum Gasteiger partial charge on any atom is 0.0543 e. The Labute approximate surface area is 267 Å². The van der Waals surface area contributed by atoms with E-state index in [9.17, 15) is 0 Å². The molecule has 0 fully saturated rings. The Morgan fingerprint density at radius 3 is 1.98 bits per heavy atom. The maximum atomic E-state index is 2.47. The molecule has 0 unspecified atom stereocenters. The molecule has 0 N–H and O–H groups in total. The first-order valence-corrected chi connectivity index (χ1v) is 16.4. The first kappa shape index (κ1) is 26.2. The van der Waals surface area contributed by atoms with Crippen LogP contribution in [0.5, 0.6) is 0 Å². The van der Waals surface area contributed by atoms with Gasteiger partial charge in [0.15, 0.2) is 0 Å². The molecule has 9 rings (SSSR count). The summed E-state index contributed by atoms with van der Waals surface area (Å²) in [5, 5.41) is 5.21. The Kier molecular flexibility index (Phi) is 5.78. The van der Waals surface area contributed by atoms with Crippen LogP contribution in [0.4, 0.5) is 17.1 Å². The second-order valence-corrected chi connectivity index (χ2v) is 13.7. The summed E-state index contributed by atoms with van der Waals surface area (Å²) in [6.07, 6.45) is 0. The van der Waals surface area contributed by atoms with E-state index in [2.05, 4.69) is 170 Å². The Bertz CT molecular complexity index is 2400. The minimum Gasteiger partial charge on any atom is -0.310 e. The minimum absolute atomic E-state index is 0.108. The van der Waals surface area contributed by atoms with Gasteiger partial charge in [-0.25, -0.2) is 0 Å². The minimum atomic E-state index is -0.108. The standard InChI is InChI=1S/C43H31NS/c1-43(2)37-16-10-17-39(42(37)36-25-30-13-6-7-14-31(30)26-38(36)43)44(32-21-19-29(20-22-32)28-11-4-3-5-12-28)33-23-24-35-34-15-8-9-18-40(34)45-41(35)27-33/h3-27H,1-2H3. The summed E-state index contributed by atoms with van der Waals surface area (Å²) in [6, 6.07) is 55.9. The van der Waals surface area contributed by atoms with Crippen molar-refractivity contribution in [2.24, 2.45) is 0 Å². The van der Waals surface area contributed by atoms with Crippen LogP contribution in [-0.2, 0) is 5.41 Å². The molecule has 0 radical (unpaired) electrons. The number of hydrogen-bond acceptors (Lipinski definition) is 2. The zero-order chi connectivity index (χ0) is 30.1. The molecule has 7 aromatic carbocycles. The molecule has 0 amide bonds. The van der Waals surface area contributed by atoms with E-state index in [0.717, 1.165) is 5.69 Å². The van der Waals surface area contributed by atoms with Gasteiger partial charge in [0.2, 0.25) is 0 Å². The normalized spacial score (nSPS) is 13.3. The van der Waals surface area contributed by atoms with Crippen LogP contribution in [0.25, 0.3) is 53.2 Å². The first-order valence-electron chi connectivity index (χ1n) is 15.6. The summed E-state index contributed by atoms with van der Waals surface area (Å²) in [7, 11) is 0. The predicted molar refractivity (Wildman–Crippen MR) is 195 cm³/mol. The summed E-state index contributed by atoms with van der Waals surface area (Å²) < 4.78 is 2.63. The molecule has 1 nitrogen and oxygen atoms in total. The summed E-state index contributed by atoms with van der Waals surface area (Å²) in [5.74, 6) is 0. The molecule has 0 spiro atoms. The molecule has 8 aromatic rings. The molecule has 45 heavy (non-hydrogen) atoms. The van der Waals surface area contributed by atoms with Crippen molar-refractivity contribution in [3.63, 3.8) is 0 Å². The van der Waals surface area contributed by atoms with Crippen molar-refractivity contribution in [2.75, 3.05) is 4.90 Å². The number of benzene rings is 7. The van der Waals surface area contributed by atoms with Crippen molar-refractivity contribution in [3.8, 4) is 22.3 Å². The SMILES string of the molecule is CC1(C)c2cc3ccccc3cc2-c2c(N(c3ccc(-c4ccccc4)cc3)c3ccc4c(c3)sc3ccccc34)cccc21. The van der Waals surface area contributed by atoms with Crippen molar-refractivity contribution < 1.29 is 0 Å². The number of hydrogen-bond donors (Lipinski definition) is 0. The fourth-order valence-electron chi connectivity index (χ4n) is 7.35. The average Bonchev–Trinajstić information content (AvgIpc) is 3.56. The van der Waals surface area contributed by atoms with Crippen LogP contribution in [0.15, 0.2) is 152 Å². The van der Waals surface area contributed by atoms with E-state index in [1.54, 1.807) is 0 Å². The van der Waals surface area contributed by atoms with Gasteiger partial charge in [-0.05, 0) is 87.1 Å². The molecule has 0 bridgehead atoms.